The van der Waals surface area contributed by atoms with Crippen molar-refractivity contribution in [3.63, 3.8) is 0 Å². The van der Waals surface area contributed by atoms with Crippen molar-refractivity contribution in [1.82, 2.24) is 24.8 Å². The maximum Gasteiger partial charge on any atom is 0.317 e. The molecule has 0 aromatic carbocycles. The first-order valence-corrected chi connectivity index (χ1v) is 9.82. The van der Waals surface area contributed by atoms with Crippen molar-refractivity contribution in [1.29, 1.82) is 0 Å². The molecular formula is C18H23BrN6O2. The highest BCUT2D eigenvalue weighted by atomic mass is 79.9. The van der Waals surface area contributed by atoms with E-state index in [9.17, 15) is 9.59 Å². The molecule has 27 heavy (non-hydrogen) atoms. The summed E-state index contributed by atoms with van der Waals surface area (Å²) >= 11 is 3.32. The molecule has 8 nitrogen and oxygen atoms in total. The number of aryl methyl sites for hydroxylation is 1. The van der Waals surface area contributed by atoms with Crippen molar-refractivity contribution < 1.29 is 9.59 Å². The summed E-state index contributed by atoms with van der Waals surface area (Å²) in [6.07, 6.45) is 9.22. The fraction of sp³-hybridized carbons (Fsp3) is 0.444. The lowest BCUT2D eigenvalue weighted by molar-refractivity contribution is -0.121. The maximum atomic E-state index is 12.4. The van der Waals surface area contributed by atoms with E-state index in [1.165, 1.54) is 0 Å². The molecule has 1 saturated heterocycles. The minimum Gasteiger partial charge on any atom is -0.338 e. The highest BCUT2D eigenvalue weighted by molar-refractivity contribution is 9.10. The maximum absolute atomic E-state index is 12.4. The molecule has 3 heterocycles. The average Bonchev–Trinajstić information content (AvgIpc) is 3.20. The van der Waals surface area contributed by atoms with Gasteiger partial charge in [0.1, 0.15) is 5.82 Å². The highest BCUT2D eigenvalue weighted by Gasteiger charge is 2.27. The molecule has 0 atom stereocenters. The molecule has 2 aromatic heterocycles. The third-order valence-corrected chi connectivity index (χ3v) is 5.03. The predicted molar refractivity (Wildman–Crippen MR) is 105 cm³/mol. The number of rotatable bonds is 6. The lowest BCUT2D eigenvalue weighted by atomic mass is 9.96. The Morgan fingerprint density at radius 2 is 2.07 bits per heavy atom. The molecule has 9 heteroatoms. The Labute approximate surface area is 166 Å². The van der Waals surface area contributed by atoms with E-state index in [0.29, 0.717) is 38.3 Å². The molecule has 0 spiro atoms. The van der Waals surface area contributed by atoms with E-state index in [-0.39, 0.29) is 17.9 Å². The van der Waals surface area contributed by atoms with Gasteiger partial charge >= 0.3 is 6.03 Å². The highest BCUT2D eigenvalue weighted by Crippen LogP contribution is 2.19. The molecule has 0 unspecified atom stereocenters. The summed E-state index contributed by atoms with van der Waals surface area (Å²) in [4.78, 5) is 34.5. The van der Waals surface area contributed by atoms with Crippen molar-refractivity contribution in [3.8, 4) is 0 Å². The van der Waals surface area contributed by atoms with E-state index in [2.05, 4.69) is 36.5 Å². The second kappa shape index (κ2) is 9.50. The Hall–Kier alpha value is -2.42. The van der Waals surface area contributed by atoms with Crippen LogP contribution in [0.5, 0.6) is 0 Å². The summed E-state index contributed by atoms with van der Waals surface area (Å²) in [6, 6.07) is 3.53. The zero-order valence-electron chi connectivity index (χ0n) is 15.0. The number of carbonyl (C=O) groups excluding carboxylic acids is 2. The van der Waals surface area contributed by atoms with Crippen LogP contribution >= 0.6 is 15.9 Å². The number of hydrogen-bond donors (Lipinski definition) is 2. The van der Waals surface area contributed by atoms with Crippen LogP contribution in [-0.4, -0.2) is 51.0 Å². The predicted octanol–water partition coefficient (Wildman–Crippen LogP) is 2.49. The van der Waals surface area contributed by atoms with Crippen molar-refractivity contribution in [3.05, 3.63) is 41.5 Å². The minimum atomic E-state index is -0.0965. The zero-order chi connectivity index (χ0) is 19.1. The van der Waals surface area contributed by atoms with Gasteiger partial charge in [-0.1, -0.05) is 0 Å². The van der Waals surface area contributed by atoms with Crippen molar-refractivity contribution >= 4 is 33.7 Å². The second-order valence-corrected chi connectivity index (χ2v) is 7.41. The number of pyridine rings is 1. The number of nitrogens with zero attached hydrogens (tertiary/aromatic N) is 4. The van der Waals surface area contributed by atoms with Crippen LogP contribution in [0.1, 0.15) is 19.3 Å². The number of halogens is 1. The Balaban J connectivity index is 1.35. The third-order valence-electron chi connectivity index (χ3n) is 4.56. The van der Waals surface area contributed by atoms with Gasteiger partial charge in [-0.3, -0.25) is 4.79 Å². The Bertz CT molecular complexity index is 742. The topological polar surface area (TPSA) is 92.1 Å². The molecule has 1 fully saturated rings. The molecule has 0 saturated carbocycles. The molecule has 3 amide bonds. The van der Waals surface area contributed by atoms with Crippen LogP contribution in [-0.2, 0) is 11.3 Å². The van der Waals surface area contributed by atoms with Crippen molar-refractivity contribution in [2.75, 3.05) is 25.0 Å². The van der Waals surface area contributed by atoms with Crippen LogP contribution in [0.25, 0.3) is 0 Å². The van der Waals surface area contributed by atoms with Crippen LogP contribution in [0.2, 0.25) is 0 Å². The number of amides is 3. The van der Waals surface area contributed by atoms with E-state index in [1.54, 1.807) is 29.7 Å². The van der Waals surface area contributed by atoms with Crippen molar-refractivity contribution in [2.45, 2.75) is 25.8 Å². The Morgan fingerprint density at radius 3 is 2.74 bits per heavy atom. The largest absolute Gasteiger partial charge is 0.338 e. The van der Waals surface area contributed by atoms with Gasteiger partial charge in [0.05, 0.1) is 6.33 Å². The van der Waals surface area contributed by atoms with Gasteiger partial charge in [-0.2, -0.15) is 0 Å². The molecule has 3 rings (SSSR count). The van der Waals surface area contributed by atoms with Gasteiger partial charge in [0.25, 0.3) is 0 Å². The molecule has 1 aliphatic rings. The SMILES string of the molecule is O=C(Nc1ccc(Br)cn1)C1CCN(C(=O)NCCCn2ccnc2)CC1. The molecule has 2 N–H and O–H groups in total. The number of urea groups is 1. The van der Waals surface area contributed by atoms with Gasteiger partial charge in [0.2, 0.25) is 5.91 Å². The third kappa shape index (κ3) is 5.78. The van der Waals surface area contributed by atoms with Gasteiger partial charge in [-0.05, 0) is 47.3 Å². The minimum absolute atomic E-state index is 0.0368. The number of likely N-dealkylation sites (tertiary alicyclic amines) is 1. The summed E-state index contributed by atoms with van der Waals surface area (Å²) in [5, 5.41) is 5.78. The molecule has 144 valence electrons. The van der Waals surface area contributed by atoms with Crippen LogP contribution in [0.15, 0.2) is 41.5 Å². The number of imidazole rings is 1. The fourth-order valence-corrected chi connectivity index (χ4v) is 3.25. The second-order valence-electron chi connectivity index (χ2n) is 6.50. The summed E-state index contributed by atoms with van der Waals surface area (Å²) in [7, 11) is 0. The van der Waals surface area contributed by atoms with Gasteiger partial charge in [-0.25, -0.2) is 14.8 Å². The first-order chi connectivity index (χ1) is 13.1. The summed E-state index contributed by atoms with van der Waals surface area (Å²) in [5.74, 6) is 0.409. The van der Waals surface area contributed by atoms with E-state index in [1.807, 2.05) is 16.8 Å². The van der Waals surface area contributed by atoms with Crippen LogP contribution in [0.4, 0.5) is 10.6 Å². The van der Waals surface area contributed by atoms with E-state index in [0.717, 1.165) is 17.4 Å². The summed E-state index contributed by atoms with van der Waals surface area (Å²) < 4.78 is 2.85. The van der Waals surface area contributed by atoms with Crippen LogP contribution in [0.3, 0.4) is 0 Å². The van der Waals surface area contributed by atoms with Gasteiger partial charge in [-0.15, -0.1) is 0 Å². The van der Waals surface area contributed by atoms with Crippen LogP contribution < -0.4 is 10.6 Å². The average molecular weight is 435 g/mol. The summed E-state index contributed by atoms with van der Waals surface area (Å²) in [6.45, 7) is 2.61. The Kier molecular flexibility index (Phi) is 6.80. The number of aromatic nitrogens is 3. The Morgan fingerprint density at radius 1 is 1.26 bits per heavy atom. The van der Waals surface area contributed by atoms with Crippen LogP contribution in [0, 0.1) is 5.92 Å². The quantitative estimate of drug-likeness (QED) is 0.682. The monoisotopic (exact) mass is 434 g/mol. The lowest BCUT2D eigenvalue weighted by Gasteiger charge is -2.31. The zero-order valence-corrected chi connectivity index (χ0v) is 16.6. The molecule has 1 aliphatic heterocycles. The number of nitrogens with one attached hydrogen (secondary N) is 2. The van der Waals surface area contributed by atoms with E-state index < -0.39 is 0 Å². The molecule has 0 bridgehead atoms. The summed E-state index contributed by atoms with van der Waals surface area (Å²) in [5.41, 5.74) is 0. The number of hydrogen-bond acceptors (Lipinski definition) is 4. The van der Waals surface area contributed by atoms with E-state index in [4.69, 9.17) is 0 Å². The first kappa shape index (κ1) is 19.3. The normalized spacial score (nSPS) is 14.8. The van der Waals surface area contributed by atoms with Gasteiger partial charge < -0.3 is 20.1 Å². The number of piperidine rings is 1. The molecule has 2 aromatic rings. The smallest absolute Gasteiger partial charge is 0.317 e. The number of anilines is 1. The van der Waals surface area contributed by atoms with Gasteiger partial charge in [0.15, 0.2) is 0 Å². The van der Waals surface area contributed by atoms with E-state index >= 15 is 0 Å². The molecular weight excluding hydrogens is 412 g/mol. The van der Waals surface area contributed by atoms with Crippen molar-refractivity contribution in [2.24, 2.45) is 5.92 Å². The molecule has 0 aliphatic carbocycles. The standard InChI is InChI=1S/C18H23BrN6O2/c19-15-2-3-16(22-12-15)23-17(26)14-4-9-25(10-5-14)18(27)21-6-1-8-24-11-7-20-13-24/h2-3,7,11-14H,1,4-6,8-10H2,(H,21,27)(H,22,23,26). The molecule has 0 radical (unpaired) electrons. The lowest BCUT2D eigenvalue weighted by Crippen LogP contribution is -2.46. The number of carbonyl (C=O) groups is 2. The fourth-order valence-electron chi connectivity index (χ4n) is 3.01. The van der Waals surface area contributed by atoms with Gasteiger partial charge in [0, 0.05) is 55.2 Å². The first-order valence-electron chi connectivity index (χ1n) is 9.03.